The van der Waals surface area contributed by atoms with Crippen molar-refractivity contribution in [2.24, 2.45) is 0 Å². The molecule has 0 aromatic carbocycles. The van der Waals surface area contributed by atoms with Crippen LogP contribution in [0.3, 0.4) is 0 Å². The summed E-state index contributed by atoms with van der Waals surface area (Å²) in [6.45, 7) is 11.4. The molecule has 0 saturated heterocycles. The molecule has 0 unspecified atom stereocenters. The van der Waals surface area contributed by atoms with Crippen LogP contribution in [-0.2, 0) is 19.1 Å². The number of hydrogen-bond donors (Lipinski definition) is 2. The minimum absolute atomic E-state index is 0. The molecule has 0 radical (unpaired) electrons. The van der Waals surface area contributed by atoms with E-state index in [2.05, 4.69) is 28.5 Å². The van der Waals surface area contributed by atoms with E-state index in [0.29, 0.717) is 18.9 Å². The molecule has 2 N–H and O–H groups in total. The maximum absolute atomic E-state index is 11.2. The second-order valence-corrected chi connectivity index (χ2v) is 3.97. The van der Waals surface area contributed by atoms with E-state index in [-0.39, 0.29) is 25.9 Å². The molecule has 0 aromatic heterocycles. The second kappa shape index (κ2) is 17.6. The van der Waals surface area contributed by atoms with Gasteiger partial charge < -0.3 is 25.0 Å². The molecule has 0 bridgehead atoms. The fourth-order valence-corrected chi connectivity index (χ4v) is 1.09. The Balaban J connectivity index is -0.000000354. The molecule has 0 aromatic rings. The maximum atomic E-state index is 11.2. The highest BCUT2D eigenvalue weighted by Crippen LogP contribution is 1.95. The van der Waals surface area contributed by atoms with Crippen LogP contribution in [-0.4, -0.2) is 50.7 Å². The Morgan fingerprint density at radius 1 is 1.09 bits per heavy atom. The van der Waals surface area contributed by atoms with Gasteiger partial charge in [-0.15, -0.1) is 0 Å². The predicted molar refractivity (Wildman–Crippen MR) is 93.3 cm³/mol. The molecule has 0 aliphatic heterocycles. The van der Waals surface area contributed by atoms with E-state index in [0.717, 1.165) is 0 Å². The van der Waals surface area contributed by atoms with Crippen LogP contribution < -0.4 is 10.6 Å². The van der Waals surface area contributed by atoms with Crippen LogP contribution in [0.4, 0.5) is 0 Å². The summed E-state index contributed by atoms with van der Waals surface area (Å²) in [6.07, 6.45) is 4.53. The van der Waals surface area contributed by atoms with Gasteiger partial charge in [0.15, 0.2) is 0 Å². The molecule has 0 aliphatic rings. The monoisotopic (exact) mass is 329 g/mol. The first-order valence-electron chi connectivity index (χ1n) is 6.85. The van der Waals surface area contributed by atoms with Crippen molar-refractivity contribution in [1.29, 1.82) is 0 Å². The van der Waals surface area contributed by atoms with Gasteiger partial charge in [-0.1, -0.05) is 20.6 Å². The molecule has 134 valence electrons. The quantitative estimate of drug-likeness (QED) is 0.491. The van der Waals surface area contributed by atoms with Gasteiger partial charge in [0, 0.05) is 20.3 Å². The van der Waals surface area contributed by atoms with Crippen LogP contribution >= 0.6 is 0 Å². The molecule has 0 aliphatic carbocycles. The molecule has 0 amide bonds. The van der Waals surface area contributed by atoms with Gasteiger partial charge in [0.1, 0.15) is 12.2 Å². The SMILES string of the molecule is C.C=CN/C(=C\N(C)C)C(=O)OCC.C=CNCC(=O)OCC. The van der Waals surface area contributed by atoms with Crippen molar-refractivity contribution in [3.63, 3.8) is 0 Å². The zero-order valence-electron chi connectivity index (χ0n) is 13.8. The molecular formula is C16H31N3O4. The summed E-state index contributed by atoms with van der Waals surface area (Å²) in [6, 6.07) is 0. The fourth-order valence-electron chi connectivity index (χ4n) is 1.09. The van der Waals surface area contributed by atoms with Gasteiger partial charge in [0.2, 0.25) is 0 Å². The lowest BCUT2D eigenvalue weighted by atomic mass is 10.4. The molecular weight excluding hydrogens is 298 g/mol. The summed E-state index contributed by atoms with van der Waals surface area (Å²) in [5.74, 6) is -0.631. The van der Waals surface area contributed by atoms with E-state index in [4.69, 9.17) is 4.74 Å². The number of carbonyl (C=O) groups is 2. The number of hydrogen-bond acceptors (Lipinski definition) is 7. The molecule has 7 heteroatoms. The number of nitrogens with zero attached hydrogens (tertiary/aromatic N) is 1. The molecule has 0 heterocycles. The van der Waals surface area contributed by atoms with E-state index in [1.54, 1.807) is 24.9 Å². The van der Waals surface area contributed by atoms with Gasteiger partial charge in [0.05, 0.1) is 13.2 Å². The largest absolute Gasteiger partial charge is 0.465 e. The van der Waals surface area contributed by atoms with Gasteiger partial charge in [0.25, 0.3) is 0 Å². The van der Waals surface area contributed by atoms with Crippen LogP contribution in [0.2, 0.25) is 0 Å². The molecule has 7 nitrogen and oxygen atoms in total. The van der Waals surface area contributed by atoms with Gasteiger partial charge in [-0.05, 0) is 26.2 Å². The molecule has 0 fully saturated rings. The summed E-state index contributed by atoms with van der Waals surface area (Å²) in [4.78, 5) is 23.5. The standard InChI is InChI=1S/C9H16N2O2.C6H11NO2.CH4/c1-5-10-8(7-11(3)4)9(12)13-6-2;1-3-7-5-6(8)9-4-2;/h5,7,10H,1,6H2,2-4H3;3,7H,1,4-5H2,2H3;1H4/b8-7-;;. The zero-order valence-corrected chi connectivity index (χ0v) is 13.8. The molecule has 23 heavy (non-hydrogen) atoms. The van der Waals surface area contributed by atoms with Crippen LogP contribution in [0.25, 0.3) is 0 Å². The highest BCUT2D eigenvalue weighted by molar-refractivity contribution is 5.87. The number of rotatable bonds is 9. The van der Waals surface area contributed by atoms with Crippen molar-refractivity contribution < 1.29 is 19.1 Å². The average Bonchev–Trinajstić information content (AvgIpc) is 2.45. The Morgan fingerprint density at radius 2 is 1.65 bits per heavy atom. The first-order valence-corrected chi connectivity index (χ1v) is 6.85. The molecule has 0 spiro atoms. The minimum Gasteiger partial charge on any atom is -0.465 e. The van der Waals surface area contributed by atoms with Crippen LogP contribution in [0.1, 0.15) is 21.3 Å². The van der Waals surface area contributed by atoms with E-state index in [9.17, 15) is 9.59 Å². The highest BCUT2D eigenvalue weighted by atomic mass is 16.5. The van der Waals surface area contributed by atoms with Crippen molar-refractivity contribution in [3.05, 3.63) is 37.5 Å². The maximum Gasteiger partial charge on any atom is 0.356 e. The number of nitrogens with one attached hydrogen (secondary N) is 2. The Morgan fingerprint density at radius 3 is 2.04 bits per heavy atom. The Kier molecular flexibility index (Phi) is 19.5. The summed E-state index contributed by atoms with van der Waals surface area (Å²) in [5.41, 5.74) is 0.377. The summed E-state index contributed by atoms with van der Waals surface area (Å²) < 4.78 is 9.41. The van der Waals surface area contributed by atoms with Gasteiger partial charge in [-0.25, -0.2) is 4.79 Å². The lowest BCUT2D eigenvalue weighted by Gasteiger charge is -2.10. The van der Waals surface area contributed by atoms with Crippen molar-refractivity contribution >= 4 is 11.9 Å². The highest BCUT2D eigenvalue weighted by Gasteiger charge is 2.08. The third-order valence-corrected chi connectivity index (χ3v) is 1.84. The third kappa shape index (κ3) is 17.5. The Bertz CT molecular complexity index is 380. The molecule has 0 rings (SSSR count). The number of ether oxygens (including phenoxy) is 2. The Hall–Kier alpha value is -2.44. The first-order chi connectivity index (χ1) is 10.4. The van der Waals surface area contributed by atoms with E-state index < -0.39 is 0 Å². The van der Waals surface area contributed by atoms with Crippen molar-refractivity contribution in [3.8, 4) is 0 Å². The second-order valence-electron chi connectivity index (χ2n) is 3.97. The van der Waals surface area contributed by atoms with Gasteiger partial charge in [-0.3, -0.25) is 4.79 Å². The van der Waals surface area contributed by atoms with E-state index in [1.165, 1.54) is 12.4 Å². The van der Waals surface area contributed by atoms with E-state index >= 15 is 0 Å². The summed E-state index contributed by atoms with van der Waals surface area (Å²) in [5, 5.41) is 5.33. The minimum atomic E-state index is -0.379. The lowest BCUT2D eigenvalue weighted by Crippen LogP contribution is -2.20. The van der Waals surface area contributed by atoms with Crippen molar-refractivity contribution in [1.82, 2.24) is 15.5 Å². The third-order valence-electron chi connectivity index (χ3n) is 1.84. The first kappa shape index (κ1) is 25.5. The average molecular weight is 329 g/mol. The molecule has 0 saturated carbocycles. The number of carbonyl (C=O) groups excluding carboxylic acids is 2. The van der Waals surface area contributed by atoms with Crippen LogP contribution in [0.5, 0.6) is 0 Å². The van der Waals surface area contributed by atoms with E-state index in [1.807, 2.05) is 14.1 Å². The number of esters is 2. The van der Waals surface area contributed by atoms with Crippen molar-refractivity contribution in [2.45, 2.75) is 21.3 Å². The predicted octanol–water partition coefficient (Wildman–Crippen LogP) is 1.60. The van der Waals surface area contributed by atoms with Crippen LogP contribution in [0, 0.1) is 0 Å². The zero-order chi connectivity index (χ0) is 17.4. The fraction of sp³-hybridized carbons (Fsp3) is 0.500. The topological polar surface area (TPSA) is 79.9 Å². The van der Waals surface area contributed by atoms with Gasteiger partial charge >= 0.3 is 11.9 Å². The smallest absolute Gasteiger partial charge is 0.356 e. The summed E-state index contributed by atoms with van der Waals surface area (Å²) >= 11 is 0. The molecule has 0 atom stereocenters. The lowest BCUT2D eigenvalue weighted by molar-refractivity contribution is -0.142. The Labute approximate surface area is 140 Å². The van der Waals surface area contributed by atoms with Crippen LogP contribution in [0.15, 0.2) is 37.5 Å². The van der Waals surface area contributed by atoms with Gasteiger partial charge in [-0.2, -0.15) is 0 Å². The van der Waals surface area contributed by atoms with Crippen molar-refractivity contribution in [2.75, 3.05) is 33.9 Å². The normalized spacial score (nSPS) is 9.13. The summed E-state index contributed by atoms with van der Waals surface area (Å²) in [7, 11) is 3.65.